The topological polar surface area (TPSA) is 39.9 Å². The first kappa shape index (κ1) is 10.3. The van der Waals surface area contributed by atoms with Crippen LogP contribution in [-0.4, -0.2) is 23.5 Å². The zero-order valence-corrected chi connectivity index (χ0v) is 9.11. The third kappa shape index (κ3) is 2.21. The molecular weight excluding hydrogens is 210 g/mol. The minimum absolute atomic E-state index is 0.274. The van der Waals surface area contributed by atoms with Crippen molar-refractivity contribution in [2.24, 2.45) is 0 Å². The van der Waals surface area contributed by atoms with Gasteiger partial charge in [-0.3, -0.25) is 0 Å². The molecule has 0 unspecified atom stereocenters. The predicted octanol–water partition coefficient (Wildman–Crippen LogP) is 2.16. The zero-order valence-electron chi connectivity index (χ0n) is 8.36. The van der Waals surface area contributed by atoms with E-state index >= 15 is 0 Å². The number of hydrogen-bond donors (Lipinski definition) is 0. The zero-order chi connectivity index (χ0) is 10.7. The molecule has 0 saturated carbocycles. The highest BCUT2D eigenvalue weighted by atomic mass is 35.5. The highest BCUT2D eigenvalue weighted by Crippen LogP contribution is 2.22. The molecule has 1 aromatic heterocycles. The fourth-order valence-corrected chi connectivity index (χ4v) is 1.99. The van der Waals surface area contributed by atoms with Gasteiger partial charge in [0.2, 0.25) is 0 Å². The third-order valence-corrected chi connectivity index (χ3v) is 3.07. The van der Waals surface area contributed by atoms with E-state index in [0.29, 0.717) is 5.56 Å². The molecular formula is C11H12ClN3. The summed E-state index contributed by atoms with van der Waals surface area (Å²) >= 11 is 6.03. The standard InChI is InChI=1S/C11H12ClN3/c12-10-3-6-15(7-4-10)11-9(8-13)2-1-5-14-11/h1-2,5,10H,3-4,6-7H2. The molecule has 0 bridgehead atoms. The Kier molecular flexibility index (Phi) is 3.08. The van der Waals surface area contributed by atoms with Crippen LogP contribution in [0.5, 0.6) is 0 Å². The van der Waals surface area contributed by atoms with Crippen LogP contribution < -0.4 is 4.90 Å². The minimum Gasteiger partial charge on any atom is -0.355 e. The average Bonchev–Trinajstić information content (AvgIpc) is 2.30. The van der Waals surface area contributed by atoms with Crippen LogP contribution in [0.1, 0.15) is 18.4 Å². The van der Waals surface area contributed by atoms with Gasteiger partial charge >= 0.3 is 0 Å². The van der Waals surface area contributed by atoms with Gasteiger partial charge in [0.15, 0.2) is 0 Å². The first-order chi connectivity index (χ1) is 7.31. The van der Waals surface area contributed by atoms with Crippen LogP contribution in [0.15, 0.2) is 18.3 Å². The van der Waals surface area contributed by atoms with Crippen molar-refractivity contribution in [2.45, 2.75) is 18.2 Å². The normalized spacial score (nSPS) is 17.5. The molecule has 4 heteroatoms. The molecule has 0 radical (unpaired) electrons. The Morgan fingerprint density at radius 1 is 1.47 bits per heavy atom. The SMILES string of the molecule is N#Cc1cccnc1N1CCC(Cl)CC1. The van der Waals surface area contributed by atoms with Crippen LogP contribution in [0.4, 0.5) is 5.82 Å². The van der Waals surface area contributed by atoms with E-state index in [-0.39, 0.29) is 5.38 Å². The monoisotopic (exact) mass is 221 g/mol. The molecule has 1 aliphatic heterocycles. The quantitative estimate of drug-likeness (QED) is 0.683. The first-order valence-corrected chi connectivity index (χ1v) is 5.49. The van der Waals surface area contributed by atoms with Gasteiger partial charge in [0.1, 0.15) is 11.9 Å². The van der Waals surface area contributed by atoms with Crippen LogP contribution in [0.25, 0.3) is 0 Å². The van der Waals surface area contributed by atoms with E-state index in [2.05, 4.69) is 16.0 Å². The maximum Gasteiger partial charge on any atom is 0.146 e. The molecule has 1 saturated heterocycles. The first-order valence-electron chi connectivity index (χ1n) is 5.05. The van der Waals surface area contributed by atoms with Crippen LogP contribution in [0.2, 0.25) is 0 Å². The number of nitrogens with zero attached hydrogens (tertiary/aromatic N) is 3. The maximum atomic E-state index is 8.96. The number of rotatable bonds is 1. The van der Waals surface area contributed by atoms with Crippen molar-refractivity contribution in [1.29, 1.82) is 5.26 Å². The van der Waals surface area contributed by atoms with Crippen molar-refractivity contribution in [3.8, 4) is 6.07 Å². The number of anilines is 1. The lowest BCUT2D eigenvalue weighted by Gasteiger charge is -2.30. The maximum absolute atomic E-state index is 8.96. The van der Waals surface area contributed by atoms with Gasteiger partial charge in [-0.2, -0.15) is 5.26 Å². The molecule has 0 N–H and O–H groups in total. The molecule has 1 aliphatic rings. The van der Waals surface area contributed by atoms with E-state index in [9.17, 15) is 0 Å². The summed E-state index contributed by atoms with van der Waals surface area (Å²) in [5.74, 6) is 0.795. The van der Waals surface area contributed by atoms with E-state index in [1.807, 2.05) is 0 Å². The molecule has 0 amide bonds. The molecule has 2 rings (SSSR count). The number of nitriles is 1. The molecule has 15 heavy (non-hydrogen) atoms. The van der Waals surface area contributed by atoms with Crippen LogP contribution >= 0.6 is 11.6 Å². The molecule has 0 atom stereocenters. The second-order valence-electron chi connectivity index (χ2n) is 3.65. The molecule has 1 fully saturated rings. The molecule has 0 aliphatic carbocycles. The van der Waals surface area contributed by atoms with E-state index < -0.39 is 0 Å². The largest absolute Gasteiger partial charge is 0.355 e. The van der Waals surface area contributed by atoms with Gasteiger partial charge in [-0.05, 0) is 25.0 Å². The Hall–Kier alpha value is -1.27. The van der Waals surface area contributed by atoms with Gasteiger partial charge in [-0.1, -0.05) is 0 Å². The summed E-state index contributed by atoms with van der Waals surface area (Å²) in [6.07, 6.45) is 3.65. The van der Waals surface area contributed by atoms with Crippen LogP contribution in [0, 0.1) is 11.3 Å². The Bertz CT molecular complexity index is 378. The van der Waals surface area contributed by atoms with Crippen molar-refractivity contribution < 1.29 is 0 Å². The van der Waals surface area contributed by atoms with E-state index in [4.69, 9.17) is 16.9 Å². The number of alkyl halides is 1. The number of piperidine rings is 1. The van der Waals surface area contributed by atoms with Gasteiger partial charge < -0.3 is 4.90 Å². The summed E-state index contributed by atoms with van der Waals surface area (Å²) in [5, 5.41) is 9.23. The number of pyridine rings is 1. The summed E-state index contributed by atoms with van der Waals surface area (Å²) in [6.45, 7) is 1.78. The Morgan fingerprint density at radius 2 is 2.20 bits per heavy atom. The molecule has 0 aromatic carbocycles. The fraction of sp³-hybridized carbons (Fsp3) is 0.455. The van der Waals surface area contributed by atoms with Crippen molar-refractivity contribution >= 4 is 17.4 Å². The van der Waals surface area contributed by atoms with Gasteiger partial charge in [0.05, 0.1) is 5.56 Å². The average molecular weight is 222 g/mol. The molecule has 2 heterocycles. The molecule has 3 nitrogen and oxygen atoms in total. The van der Waals surface area contributed by atoms with Gasteiger partial charge in [-0.25, -0.2) is 4.98 Å². The lowest BCUT2D eigenvalue weighted by Crippen LogP contribution is -2.35. The predicted molar refractivity (Wildman–Crippen MR) is 60.0 cm³/mol. The highest BCUT2D eigenvalue weighted by molar-refractivity contribution is 6.20. The molecule has 0 spiro atoms. The Labute approximate surface area is 94.3 Å². The van der Waals surface area contributed by atoms with Crippen molar-refractivity contribution in [1.82, 2.24) is 4.98 Å². The summed E-state index contributed by atoms with van der Waals surface area (Å²) in [6, 6.07) is 5.76. The van der Waals surface area contributed by atoms with E-state index in [0.717, 1.165) is 31.7 Å². The van der Waals surface area contributed by atoms with E-state index in [1.165, 1.54) is 0 Å². The Balaban J connectivity index is 2.19. The Morgan fingerprint density at radius 3 is 2.87 bits per heavy atom. The van der Waals surface area contributed by atoms with E-state index in [1.54, 1.807) is 18.3 Å². The van der Waals surface area contributed by atoms with Gasteiger partial charge in [0, 0.05) is 24.7 Å². The van der Waals surface area contributed by atoms with Gasteiger partial charge in [-0.15, -0.1) is 11.6 Å². The lowest BCUT2D eigenvalue weighted by molar-refractivity contribution is 0.580. The second-order valence-corrected chi connectivity index (χ2v) is 4.27. The van der Waals surface area contributed by atoms with Crippen LogP contribution in [-0.2, 0) is 0 Å². The summed E-state index contributed by atoms with van der Waals surface area (Å²) < 4.78 is 0. The second kappa shape index (κ2) is 4.50. The van der Waals surface area contributed by atoms with Crippen molar-refractivity contribution in [2.75, 3.05) is 18.0 Å². The smallest absolute Gasteiger partial charge is 0.146 e. The molecule has 78 valence electrons. The number of halogens is 1. The number of aromatic nitrogens is 1. The summed E-state index contributed by atoms with van der Waals surface area (Å²) in [5.41, 5.74) is 0.644. The summed E-state index contributed by atoms with van der Waals surface area (Å²) in [4.78, 5) is 6.39. The minimum atomic E-state index is 0.274. The van der Waals surface area contributed by atoms with Crippen molar-refractivity contribution in [3.05, 3.63) is 23.9 Å². The van der Waals surface area contributed by atoms with Gasteiger partial charge in [0.25, 0.3) is 0 Å². The molecule has 1 aromatic rings. The van der Waals surface area contributed by atoms with Crippen LogP contribution in [0.3, 0.4) is 0 Å². The summed E-state index contributed by atoms with van der Waals surface area (Å²) in [7, 11) is 0. The number of hydrogen-bond acceptors (Lipinski definition) is 3. The highest BCUT2D eigenvalue weighted by Gasteiger charge is 2.19. The van der Waals surface area contributed by atoms with Crippen molar-refractivity contribution in [3.63, 3.8) is 0 Å². The third-order valence-electron chi connectivity index (χ3n) is 2.63. The fourth-order valence-electron chi connectivity index (χ4n) is 1.80. The lowest BCUT2D eigenvalue weighted by atomic mass is 10.1.